The molecule has 0 amide bonds. The molecular weight excluding hydrogens is 333 g/mol. The van der Waals surface area contributed by atoms with Crippen LogP contribution in [0.25, 0.3) is 17.2 Å². The fourth-order valence-corrected chi connectivity index (χ4v) is 2.64. The highest BCUT2D eigenvalue weighted by Gasteiger charge is 2.13. The van der Waals surface area contributed by atoms with Gasteiger partial charge in [0.05, 0.1) is 12.8 Å². The summed E-state index contributed by atoms with van der Waals surface area (Å²) in [5.74, 6) is 1.97. The first-order valence-electron chi connectivity index (χ1n) is 8.04. The van der Waals surface area contributed by atoms with Crippen molar-refractivity contribution < 1.29 is 9.13 Å². The highest BCUT2D eigenvalue weighted by molar-refractivity contribution is 5.62. The van der Waals surface area contributed by atoms with Crippen molar-refractivity contribution in [3.8, 4) is 17.1 Å². The maximum Gasteiger partial charge on any atom is 0.254 e. The number of hydrogen-bond donors (Lipinski definition) is 1. The number of para-hydroxylation sites is 1. The Hall–Kier alpha value is -3.48. The Balaban J connectivity index is 1.78. The molecule has 0 spiro atoms. The summed E-state index contributed by atoms with van der Waals surface area (Å²) in [5, 5.41) is 7.59. The molecule has 4 aromatic rings. The van der Waals surface area contributed by atoms with Crippen LogP contribution in [0.5, 0.6) is 5.75 Å². The lowest BCUT2D eigenvalue weighted by atomic mass is 10.2. The summed E-state index contributed by atoms with van der Waals surface area (Å²) in [7, 11) is 1.62. The molecule has 2 aromatic heterocycles. The van der Waals surface area contributed by atoms with Crippen LogP contribution in [0.15, 0.2) is 54.6 Å². The lowest BCUT2D eigenvalue weighted by Gasteiger charge is -2.09. The number of benzene rings is 2. The number of aromatic nitrogens is 4. The second-order valence-electron chi connectivity index (χ2n) is 5.76. The van der Waals surface area contributed by atoms with Gasteiger partial charge in [0.25, 0.3) is 5.78 Å². The van der Waals surface area contributed by atoms with E-state index in [-0.39, 0.29) is 5.82 Å². The average molecular weight is 349 g/mol. The Morgan fingerprint density at radius 1 is 1.04 bits per heavy atom. The van der Waals surface area contributed by atoms with Crippen LogP contribution >= 0.6 is 0 Å². The normalized spacial score (nSPS) is 10.9. The van der Waals surface area contributed by atoms with E-state index in [1.165, 1.54) is 6.07 Å². The van der Waals surface area contributed by atoms with Gasteiger partial charge >= 0.3 is 0 Å². The monoisotopic (exact) mass is 349 g/mol. The van der Waals surface area contributed by atoms with Gasteiger partial charge in [-0.05, 0) is 43.3 Å². The number of ether oxygens (including phenoxy) is 1. The van der Waals surface area contributed by atoms with E-state index in [0.29, 0.717) is 23.1 Å². The van der Waals surface area contributed by atoms with E-state index in [1.54, 1.807) is 35.9 Å². The molecule has 26 heavy (non-hydrogen) atoms. The number of methoxy groups -OCH3 is 1. The van der Waals surface area contributed by atoms with E-state index < -0.39 is 0 Å². The van der Waals surface area contributed by atoms with E-state index in [1.807, 2.05) is 31.2 Å². The van der Waals surface area contributed by atoms with Crippen LogP contribution in [0.3, 0.4) is 0 Å². The van der Waals surface area contributed by atoms with Gasteiger partial charge in [-0.2, -0.15) is 9.50 Å². The van der Waals surface area contributed by atoms with Gasteiger partial charge in [-0.15, -0.1) is 5.10 Å². The molecule has 0 fully saturated rings. The Morgan fingerprint density at radius 2 is 1.81 bits per heavy atom. The molecule has 0 saturated carbocycles. The number of nitrogens with zero attached hydrogens (tertiary/aromatic N) is 4. The number of hydrogen-bond acceptors (Lipinski definition) is 5. The number of aryl methyl sites for hydroxylation is 1. The fourth-order valence-electron chi connectivity index (χ4n) is 2.64. The highest BCUT2D eigenvalue weighted by atomic mass is 19.1. The summed E-state index contributed by atoms with van der Waals surface area (Å²) >= 11 is 0. The number of halogens is 1. The predicted molar refractivity (Wildman–Crippen MR) is 97.2 cm³/mol. The zero-order valence-corrected chi connectivity index (χ0v) is 14.3. The lowest BCUT2D eigenvalue weighted by molar-refractivity contribution is 0.415. The Morgan fingerprint density at radius 3 is 2.54 bits per heavy atom. The fraction of sp³-hybridized carbons (Fsp3) is 0.105. The smallest absolute Gasteiger partial charge is 0.254 e. The molecule has 2 aromatic carbocycles. The second-order valence-corrected chi connectivity index (χ2v) is 5.76. The van der Waals surface area contributed by atoms with Gasteiger partial charge in [0.2, 0.25) is 0 Å². The molecule has 0 unspecified atom stereocenters. The summed E-state index contributed by atoms with van der Waals surface area (Å²) in [6.45, 7) is 1.86. The molecule has 6 nitrogen and oxygen atoms in total. The first-order valence-corrected chi connectivity index (χ1v) is 8.04. The first kappa shape index (κ1) is 16.0. The van der Waals surface area contributed by atoms with E-state index in [2.05, 4.69) is 20.4 Å². The predicted octanol–water partition coefficient (Wildman–Crippen LogP) is 3.99. The third kappa shape index (κ3) is 2.95. The van der Waals surface area contributed by atoms with Crippen molar-refractivity contribution in [2.45, 2.75) is 6.92 Å². The zero-order valence-electron chi connectivity index (χ0n) is 14.3. The minimum Gasteiger partial charge on any atom is -0.497 e. The van der Waals surface area contributed by atoms with Crippen molar-refractivity contribution in [3.05, 3.63) is 66.1 Å². The van der Waals surface area contributed by atoms with Crippen LogP contribution < -0.4 is 10.1 Å². The van der Waals surface area contributed by atoms with Crippen LogP contribution in [0.1, 0.15) is 5.69 Å². The molecule has 0 saturated heterocycles. The SMILES string of the molecule is COc1ccc(-c2nc3nc(C)cc(Nc4ccccc4F)n3n2)cc1. The quantitative estimate of drug-likeness (QED) is 0.603. The maximum absolute atomic E-state index is 14.0. The van der Waals surface area contributed by atoms with Crippen molar-refractivity contribution in [1.82, 2.24) is 19.6 Å². The van der Waals surface area contributed by atoms with E-state index in [4.69, 9.17) is 4.74 Å². The molecule has 0 bridgehead atoms. The van der Waals surface area contributed by atoms with Crippen molar-refractivity contribution >= 4 is 17.3 Å². The topological polar surface area (TPSA) is 64.3 Å². The number of nitrogens with one attached hydrogen (secondary N) is 1. The Kier molecular flexibility index (Phi) is 3.96. The van der Waals surface area contributed by atoms with Gasteiger partial charge in [0.1, 0.15) is 17.4 Å². The highest BCUT2D eigenvalue weighted by Crippen LogP contribution is 2.24. The molecule has 0 radical (unpaired) electrons. The largest absolute Gasteiger partial charge is 0.497 e. The van der Waals surface area contributed by atoms with Crippen LogP contribution in [0.2, 0.25) is 0 Å². The molecular formula is C19H16FN5O. The van der Waals surface area contributed by atoms with Crippen molar-refractivity contribution in [2.24, 2.45) is 0 Å². The van der Waals surface area contributed by atoms with Crippen LogP contribution in [0.4, 0.5) is 15.9 Å². The van der Waals surface area contributed by atoms with Gasteiger partial charge in [-0.25, -0.2) is 9.37 Å². The lowest BCUT2D eigenvalue weighted by Crippen LogP contribution is -2.03. The van der Waals surface area contributed by atoms with Crippen molar-refractivity contribution in [3.63, 3.8) is 0 Å². The summed E-state index contributed by atoms with van der Waals surface area (Å²) < 4.78 is 20.7. The second kappa shape index (κ2) is 6.44. The van der Waals surface area contributed by atoms with E-state index in [9.17, 15) is 4.39 Å². The average Bonchev–Trinajstić information content (AvgIpc) is 3.08. The maximum atomic E-state index is 14.0. The summed E-state index contributed by atoms with van der Waals surface area (Å²) in [4.78, 5) is 8.90. The Bertz CT molecular complexity index is 1080. The third-order valence-electron chi connectivity index (χ3n) is 3.93. The van der Waals surface area contributed by atoms with Gasteiger partial charge in [-0.3, -0.25) is 0 Å². The molecule has 0 aliphatic rings. The molecule has 0 aliphatic carbocycles. The van der Waals surface area contributed by atoms with Crippen LogP contribution in [0, 0.1) is 12.7 Å². The molecule has 4 rings (SSSR count). The van der Waals surface area contributed by atoms with Gasteiger partial charge in [0, 0.05) is 17.3 Å². The molecule has 130 valence electrons. The van der Waals surface area contributed by atoms with E-state index >= 15 is 0 Å². The van der Waals surface area contributed by atoms with Gasteiger partial charge in [-0.1, -0.05) is 12.1 Å². The first-order chi connectivity index (χ1) is 12.6. The minimum absolute atomic E-state index is 0.342. The van der Waals surface area contributed by atoms with Gasteiger partial charge < -0.3 is 10.1 Å². The number of fused-ring (bicyclic) bond motifs is 1. The van der Waals surface area contributed by atoms with Crippen LogP contribution in [-0.2, 0) is 0 Å². The number of rotatable bonds is 4. The minimum atomic E-state index is -0.342. The summed E-state index contributed by atoms with van der Waals surface area (Å²) in [6.07, 6.45) is 0. The van der Waals surface area contributed by atoms with E-state index in [0.717, 1.165) is 17.0 Å². The third-order valence-corrected chi connectivity index (χ3v) is 3.93. The standard InChI is InChI=1S/C19H16FN5O/c1-12-11-17(22-16-6-4-3-5-15(16)20)25-19(21-12)23-18(24-25)13-7-9-14(26-2)10-8-13/h3-11,22H,1-2H3. The Labute approximate surface area is 149 Å². The molecule has 1 N–H and O–H groups in total. The summed E-state index contributed by atoms with van der Waals surface area (Å²) in [5.41, 5.74) is 1.96. The van der Waals surface area contributed by atoms with Gasteiger partial charge in [0.15, 0.2) is 5.82 Å². The van der Waals surface area contributed by atoms with Crippen molar-refractivity contribution in [2.75, 3.05) is 12.4 Å². The zero-order chi connectivity index (χ0) is 18.1. The number of anilines is 2. The molecule has 0 aliphatic heterocycles. The summed E-state index contributed by atoms with van der Waals surface area (Å²) in [6, 6.07) is 15.7. The molecule has 7 heteroatoms. The van der Waals surface area contributed by atoms with Crippen LogP contribution in [-0.4, -0.2) is 26.7 Å². The van der Waals surface area contributed by atoms with Crippen molar-refractivity contribution in [1.29, 1.82) is 0 Å². The molecule has 0 atom stereocenters. The molecule has 2 heterocycles.